The molecule has 0 fully saturated rings. The number of carbonyl (C=O) groups excluding carboxylic acids is 1. The molecule has 27 heavy (non-hydrogen) atoms. The number of amides is 1. The van der Waals surface area contributed by atoms with Crippen LogP contribution in [0, 0.1) is 6.92 Å². The standard InChI is InChI=1S/C22H30N4O/c1-5-17(3)26-21(27)20-12-10-19(11-13-20)15-25-22(23-4)24-14-18-8-6-16(2)7-9-18/h6-13,17H,5,14-15H2,1-4H3,(H,26,27)(H2,23,24,25). The summed E-state index contributed by atoms with van der Waals surface area (Å²) in [5, 5.41) is 9.58. The van der Waals surface area contributed by atoms with Crippen LogP contribution in [-0.4, -0.2) is 25.0 Å². The van der Waals surface area contributed by atoms with Crippen molar-refractivity contribution in [1.82, 2.24) is 16.0 Å². The fourth-order valence-electron chi connectivity index (χ4n) is 2.48. The highest BCUT2D eigenvalue weighted by Crippen LogP contribution is 2.06. The zero-order valence-corrected chi connectivity index (χ0v) is 16.7. The molecule has 2 aromatic carbocycles. The molecule has 2 aromatic rings. The summed E-state index contributed by atoms with van der Waals surface area (Å²) in [5.74, 6) is 0.716. The number of guanidine groups is 1. The number of aliphatic imine (C=N–C) groups is 1. The Hall–Kier alpha value is -2.82. The Morgan fingerprint density at radius 1 is 0.963 bits per heavy atom. The lowest BCUT2D eigenvalue weighted by Crippen LogP contribution is -2.36. The summed E-state index contributed by atoms with van der Waals surface area (Å²) in [4.78, 5) is 16.4. The molecule has 0 aromatic heterocycles. The van der Waals surface area contributed by atoms with Crippen LogP contribution < -0.4 is 16.0 Å². The lowest BCUT2D eigenvalue weighted by molar-refractivity contribution is 0.0939. The molecule has 2 rings (SSSR count). The van der Waals surface area contributed by atoms with Crippen LogP contribution in [0.4, 0.5) is 0 Å². The average molecular weight is 367 g/mol. The summed E-state index contributed by atoms with van der Waals surface area (Å²) in [5.41, 5.74) is 4.23. The van der Waals surface area contributed by atoms with Crippen molar-refractivity contribution in [1.29, 1.82) is 0 Å². The van der Waals surface area contributed by atoms with Crippen molar-refractivity contribution in [3.63, 3.8) is 0 Å². The summed E-state index contributed by atoms with van der Waals surface area (Å²) in [6.45, 7) is 7.50. The minimum Gasteiger partial charge on any atom is -0.352 e. The highest BCUT2D eigenvalue weighted by molar-refractivity contribution is 5.94. The van der Waals surface area contributed by atoms with Crippen LogP contribution >= 0.6 is 0 Å². The van der Waals surface area contributed by atoms with Gasteiger partial charge in [-0.25, -0.2) is 0 Å². The number of hydrogen-bond acceptors (Lipinski definition) is 2. The van der Waals surface area contributed by atoms with Crippen molar-refractivity contribution in [2.75, 3.05) is 7.05 Å². The third-order valence-electron chi connectivity index (χ3n) is 4.47. The van der Waals surface area contributed by atoms with Gasteiger partial charge < -0.3 is 16.0 Å². The van der Waals surface area contributed by atoms with Gasteiger partial charge in [-0.05, 0) is 43.5 Å². The van der Waals surface area contributed by atoms with Gasteiger partial charge in [-0.15, -0.1) is 0 Å². The van der Waals surface area contributed by atoms with Crippen molar-refractivity contribution < 1.29 is 4.79 Å². The van der Waals surface area contributed by atoms with E-state index in [1.807, 2.05) is 31.2 Å². The number of benzene rings is 2. The lowest BCUT2D eigenvalue weighted by atomic mass is 10.1. The molecular weight excluding hydrogens is 336 g/mol. The fraction of sp³-hybridized carbons (Fsp3) is 0.364. The number of nitrogens with zero attached hydrogens (tertiary/aromatic N) is 1. The van der Waals surface area contributed by atoms with E-state index < -0.39 is 0 Å². The molecule has 0 aliphatic heterocycles. The number of hydrogen-bond donors (Lipinski definition) is 3. The first-order valence-electron chi connectivity index (χ1n) is 9.41. The number of carbonyl (C=O) groups is 1. The molecule has 0 heterocycles. The molecule has 5 nitrogen and oxygen atoms in total. The molecule has 1 amide bonds. The second-order valence-electron chi connectivity index (χ2n) is 6.74. The fourth-order valence-corrected chi connectivity index (χ4v) is 2.48. The molecule has 3 N–H and O–H groups in total. The van der Waals surface area contributed by atoms with E-state index in [1.165, 1.54) is 11.1 Å². The molecule has 1 unspecified atom stereocenters. The third-order valence-corrected chi connectivity index (χ3v) is 4.47. The quantitative estimate of drug-likeness (QED) is 0.520. The van der Waals surface area contributed by atoms with Gasteiger partial charge in [0, 0.05) is 31.7 Å². The summed E-state index contributed by atoms with van der Waals surface area (Å²) in [7, 11) is 1.76. The van der Waals surface area contributed by atoms with E-state index in [0.717, 1.165) is 17.9 Å². The van der Waals surface area contributed by atoms with Crippen LogP contribution in [0.2, 0.25) is 0 Å². The summed E-state index contributed by atoms with van der Waals surface area (Å²) in [6.07, 6.45) is 0.919. The maximum absolute atomic E-state index is 12.1. The SMILES string of the molecule is CCC(C)NC(=O)c1ccc(CNC(=NC)NCc2ccc(C)cc2)cc1. The van der Waals surface area contributed by atoms with E-state index in [0.29, 0.717) is 18.7 Å². The molecule has 0 saturated heterocycles. The lowest BCUT2D eigenvalue weighted by Gasteiger charge is -2.13. The normalized spacial score (nSPS) is 12.4. The van der Waals surface area contributed by atoms with Crippen LogP contribution in [-0.2, 0) is 13.1 Å². The Balaban J connectivity index is 1.83. The Morgan fingerprint density at radius 2 is 1.48 bits per heavy atom. The molecule has 0 radical (unpaired) electrons. The maximum Gasteiger partial charge on any atom is 0.251 e. The van der Waals surface area contributed by atoms with Gasteiger partial charge in [0.05, 0.1) is 0 Å². The largest absolute Gasteiger partial charge is 0.352 e. The van der Waals surface area contributed by atoms with Gasteiger partial charge in [0.2, 0.25) is 0 Å². The number of rotatable bonds is 7. The van der Waals surface area contributed by atoms with Gasteiger partial charge in [-0.2, -0.15) is 0 Å². The first-order chi connectivity index (χ1) is 13.0. The highest BCUT2D eigenvalue weighted by Gasteiger charge is 2.08. The van der Waals surface area contributed by atoms with Gasteiger partial charge in [0.1, 0.15) is 0 Å². The Bertz CT molecular complexity index is 751. The smallest absolute Gasteiger partial charge is 0.251 e. The molecule has 0 aliphatic carbocycles. The molecule has 0 spiro atoms. The molecule has 0 aliphatic rings. The Labute approximate surface area is 162 Å². The van der Waals surface area contributed by atoms with Crippen molar-refractivity contribution in [3.05, 3.63) is 70.8 Å². The zero-order chi connectivity index (χ0) is 19.6. The first kappa shape index (κ1) is 20.5. The van der Waals surface area contributed by atoms with E-state index in [-0.39, 0.29) is 11.9 Å². The summed E-state index contributed by atoms with van der Waals surface area (Å²) >= 11 is 0. The summed E-state index contributed by atoms with van der Waals surface area (Å²) in [6, 6.07) is 16.3. The van der Waals surface area contributed by atoms with Crippen LogP contribution in [0.25, 0.3) is 0 Å². The third kappa shape index (κ3) is 6.77. The monoisotopic (exact) mass is 366 g/mol. The first-order valence-corrected chi connectivity index (χ1v) is 9.41. The van der Waals surface area contributed by atoms with Gasteiger partial charge in [-0.1, -0.05) is 48.9 Å². The highest BCUT2D eigenvalue weighted by atomic mass is 16.1. The summed E-state index contributed by atoms with van der Waals surface area (Å²) < 4.78 is 0. The van der Waals surface area contributed by atoms with Crippen LogP contribution in [0.3, 0.4) is 0 Å². The van der Waals surface area contributed by atoms with Crippen molar-refractivity contribution in [2.24, 2.45) is 4.99 Å². The van der Waals surface area contributed by atoms with E-state index in [1.54, 1.807) is 7.05 Å². The molecule has 1 atom stereocenters. The second kappa shape index (κ2) is 10.4. The minimum absolute atomic E-state index is 0.0283. The van der Waals surface area contributed by atoms with Crippen molar-refractivity contribution in [3.8, 4) is 0 Å². The van der Waals surface area contributed by atoms with Gasteiger partial charge in [0.15, 0.2) is 5.96 Å². The number of nitrogens with one attached hydrogen (secondary N) is 3. The van der Waals surface area contributed by atoms with Crippen LogP contribution in [0.15, 0.2) is 53.5 Å². The van der Waals surface area contributed by atoms with Crippen LogP contribution in [0.1, 0.15) is 47.3 Å². The van der Waals surface area contributed by atoms with Gasteiger partial charge in [-0.3, -0.25) is 9.79 Å². The van der Waals surface area contributed by atoms with Gasteiger partial charge in [0.25, 0.3) is 5.91 Å². The maximum atomic E-state index is 12.1. The molecule has 0 saturated carbocycles. The predicted octanol–water partition coefficient (Wildman–Crippen LogP) is 3.39. The Morgan fingerprint density at radius 3 is 1.96 bits per heavy atom. The number of aryl methyl sites for hydroxylation is 1. The Kier molecular flexibility index (Phi) is 7.86. The van der Waals surface area contributed by atoms with E-state index in [2.05, 4.69) is 59.1 Å². The molecular formula is C22H30N4O. The predicted molar refractivity (Wildman–Crippen MR) is 112 cm³/mol. The molecule has 0 bridgehead atoms. The van der Waals surface area contributed by atoms with E-state index in [4.69, 9.17) is 0 Å². The van der Waals surface area contributed by atoms with Crippen molar-refractivity contribution in [2.45, 2.75) is 46.3 Å². The van der Waals surface area contributed by atoms with Crippen LogP contribution in [0.5, 0.6) is 0 Å². The van der Waals surface area contributed by atoms with E-state index in [9.17, 15) is 4.79 Å². The topological polar surface area (TPSA) is 65.5 Å². The minimum atomic E-state index is -0.0283. The average Bonchev–Trinajstić information content (AvgIpc) is 2.69. The second-order valence-corrected chi connectivity index (χ2v) is 6.74. The molecule has 5 heteroatoms. The zero-order valence-electron chi connectivity index (χ0n) is 16.7. The molecule has 144 valence electrons. The van der Waals surface area contributed by atoms with E-state index >= 15 is 0 Å². The van der Waals surface area contributed by atoms with Gasteiger partial charge >= 0.3 is 0 Å². The van der Waals surface area contributed by atoms with Crippen molar-refractivity contribution >= 4 is 11.9 Å².